The maximum absolute atomic E-state index is 13.4. The Morgan fingerprint density at radius 3 is 2.65 bits per heavy atom. The first kappa shape index (κ1) is 21.3. The van der Waals surface area contributed by atoms with Crippen LogP contribution in [0, 0.1) is 5.82 Å². The van der Waals surface area contributed by atoms with E-state index in [0.29, 0.717) is 25.0 Å². The number of aliphatic hydroxyl groups is 1. The Hall–Kier alpha value is -2.97. The third-order valence-corrected chi connectivity index (χ3v) is 5.81. The molecule has 9 heteroatoms. The molecule has 7 nitrogen and oxygen atoms in total. The van der Waals surface area contributed by atoms with Gasteiger partial charge in [-0.1, -0.05) is 23.8 Å². The summed E-state index contributed by atoms with van der Waals surface area (Å²) in [6, 6.07) is 7.39. The quantitative estimate of drug-likeness (QED) is 0.579. The Labute approximate surface area is 183 Å². The maximum Gasteiger partial charge on any atom is 0.270 e. The second-order valence-corrected chi connectivity index (χ2v) is 8.42. The number of nitrogens with zero attached hydrogens (tertiary/aromatic N) is 1. The van der Waals surface area contributed by atoms with Crippen molar-refractivity contribution in [3.05, 3.63) is 64.7 Å². The third-order valence-electron chi connectivity index (χ3n) is 5.51. The van der Waals surface area contributed by atoms with Crippen molar-refractivity contribution in [2.45, 2.75) is 30.3 Å². The van der Waals surface area contributed by atoms with E-state index in [2.05, 4.69) is 15.6 Å². The highest BCUT2D eigenvalue weighted by Crippen LogP contribution is 2.60. The van der Waals surface area contributed by atoms with Gasteiger partial charge in [0.15, 0.2) is 6.61 Å². The average molecular weight is 446 g/mol. The minimum absolute atomic E-state index is 0.0124. The van der Waals surface area contributed by atoms with Crippen molar-refractivity contribution in [2.24, 2.45) is 0 Å². The van der Waals surface area contributed by atoms with Crippen molar-refractivity contribution >= 4 is 29.5 Å². The van der Waals surface area contributed by atoms with E-state index in [4.69, 9.17) is 21.4 Å². The van der Waals surface area contributed by atoms with E-state index < -0.39 is 5.82 Å². The molecule has 0 aliphatic heterocycles. The monoisotopic (exact) mass is 445 g/mol. The van der Waals surface area contributed by atoms with Crippen LogP contribution in [0.3, 0.4) is 0 Å². The number of hydrogen-bond donors (Lipinski definition) is 3. The van der Waals surface area contributed by atoms with E-state index in [-0.39, 0.29) is 46.9 Å². The molecule has 2 amide bonds. The van der Waals surface area contributed by atoms with Crippen LogP contribution in [0.1, 0.15) is 35.3 Å². The molecule has 3 fully saturated rings. The number of nitrogens with one attached hydrogen (secondary N) is 2. The third kappa shape index (κ3) is 4.55. The minimum atomic E-state index is -0.610. The van der Waals surface area contributed by atoms with Gasteiger partial charge in [-0.05, 0) is 49.1 Å². The van der Waals surface area contributed by atoms with Gasteiger partial charge in [-0.3, -0.25) is 14.6 Å². The summed E-state index contributed by atoms with van der Waals surface area (Å²) in [5, 5.41) is 14.8. The number of rotatable bonds is 8. The summed E-state index contributed by atoms with van der Waals surface area (Å²) >= 11 is 5.62. The SMILES string of the molecule is O=C(COc1ccc(Cl)c(F)c1)NC12CC(NC(=O)c3cc(/C=C/CO)ccn3)(C1)C2. The van der Waals surface area contributed by atoms with E-state index in [1.165, 1.54) is 12.1 Å². The van der Waals surface area contributed by atoms with Gasteiger partial charge in [0.25, 0.3) is 11.8 Å². The average Bonchev–Trinajstić information content (AvgIpc) is 2.70. The molecule has 1 aromatic heterocycles. The van der Waals surface area contributed by atoms with Gasteiger partial charge in [-0.2, -0.15) is 0 Å². The number of carbonyl (C=O) groups is 2. The van der Waals surface area contributed by atoms with Crippen LogP contribution in [0.2, 0.25) is 5.02 Å². The Morgan fingerprint density at radius 2 is 1.94 bits per heavy atom. The molecule has 0 unspecified atom stereocenters. The van der Waals surface area contributed by atoms with E-state index in [0.717, 1.165) is 11.6 Å². The molecule has 5 rings (SSSR count). The summed E-state index contributed by atoms with van der Waals surface area (Å²) < 4.78 is 18.7. The first-order valence-electron chi connectivity index (χ1n) is 9.77. The Balaban J connectivity index is 1.25. The van der Waals surface area contributed by atoms with Crippen molar-refractivity contribution < 1.29 is 23.8 Å². The number of amides is 2. The van der Waals surface area contributed by atoms with Gasteiger partial charge < -0.3 is 20.5 Å². The van der Waals surface area contributed by atoms with Crippen molar-refractivity contribution in [2.75, 3.05) is 13.2 Å². The number of hydrogen-bond acceptors (Lipinski definition) is 5. The van der Waals surface area contributed by atoms with Crippen LogP contribution in [0.5, 0.6) is 5.75 Å². The van der Waals surface area contributed by atoms with Crippen LogP contribution in [0.25, 0.3) is 6.08 Å². The molecule has 162 valence electrons. The zero-order valence-corrected chi connectivity index (χ0v) is 17.3. The first-order valence-corrected chi connectivity index (χ1v) is 10.1. The van der Waals surface area contributed by atoms with Crippen LogP contribution < -0.4 is 15.4 Å². The molecule has 0 radical (unpaired) electrons. The van der Waals surface area contributed by atoms with Crippen molar-refractivity contribution in [3.8, 4) is 5.75 Å². The lowest BCUT2D eigenvalue weighted by Gasteiger charge is -2.70. The summed E-state index contributed by atoms with van der Waals surface area (Å²) in [5.74, 6) is -0.963. The first-order chi connectivity index (χ1) is 14.8. The maximum atomic E-state index is 13.4. The molecular formula is C22H21ClFN3O4. The molecule has 3 aliphatic rings. The predicted molar refractivity (Wildman–Crippen MR) is 112 cm³/mol. The second-order valence-electron chi connectivity index (χ2n) is 8.02. The Morgan fingerprint density at radius 1 is 1.19 bits per heavy atom. The zero-order valence-electron chi connectivity index (χ0n) is 16.5. The fraction of sp³-hybridized carbons (Fsp3) is 0.318. The lowest BCUT2D eigenvalue weighted by Crippen LogP contribution is -2.84. The zero-order chi connectivity index (χ0) is 22.1. The van der Waals surface area contributed by atoms with Crippen LogP contribution in [-0.2, 0) is 4.79 Å². The Kier molecular flexibility index (Phi) is 5.68. The summed E-state index contributed by atoms with van der Waals surface area (Å²) in [6.45, 7) is -0.317. The molecule has 0 spiro atoms. The normalized spacial score (nSPS) is 23.6. The number of benzene rings is 1. The van der Waals surface area contributed by atoms with Gasteiger partial charge in [0, 0.05) is 23.3 Å². The van der Waals surface area contributed by atoms with Crippen molar-refractivity contribution in [1.29, 1.82) is 0 Å². The van der Waals surface area contributed by atoms with Crippen LogP contribution in [0.4, 0.5) is 4.39 Å². The van der Waals surface area contributed by atoms with Crippen LogP contribution >= 0.6 is 11.6 Å². The fourth-order valence-corrected chi connectivity index (χ4v) is 4.39. The molecule has 1 aromatic carbocycles. The lowest BCUT2D eigenvalue weighted by molar-refractivity contribution is -0.141. The van der Waals surface area contributed by atoms with Crippen LogP contribution in [0.15, 0.2) is 42.6 Å². The standard InChI is InChI=1S/C22H21ClFN3O4/c23-16-4-3-15(9-17(16)24)31-10-19(29)26-21-11-22(12-21,13-21)27-20(30)18-8-14(2-1-7-28)5-6-25-18/h1-6,8-9,28H,7,10-13H2,(H,26,29)(H,27,30)/b2-1+. The molecule has 3 N–H and O–H groups in total. The van der Waals surface area contributed by atoms with E-state index >= 15 is 0 Å². The van der Waals surface area contributed by atoms with Crippen molar-refractivity contribution in [1.82, 2.24) is 15.6 Å². The van der Waals surface area contributed by atoms with E-state index in [1.54, 1.807) is 30.5 Å². The van der Waals surface area contributed by atoms with Gasteiger partial charge in [0.05, 0.1) is 11.6 Å². The second kappa shape index (κ2) is 8.28. The molecule has 3 saturated carbocycles. The lowest BCUT2D eigenvalue weighted by atomic mass is 9.44. The van der Waals surface area contributed by atoms with E-state index in [1.807, 2.05) is 0 Å². The largest absolute Gasteiger partial charge is 0.484 e. The molecule has 1 heterocycles. The fourth-order valence-electron chi connectivity index (χ4n) is 4.27. The highest BCUT2D eigenvalue weighted by Gasteiger charge is 2.69. The molecule has 3 aliphatic carbocycles. The summed E-state index contributed by atoms with van der Waals surface area (Å²) in [5.41, 5.74) is 0.406. The Bertz CT molecular complexity index is 1040. The molecule has 31 heavy (non-hydrogen) atoms. The number of aromatic nitrogens is 1. The van der Waals surface area contributed by atoms with Gasteiger partial charge >= 0.3 is 0 Å². The van der Waals surface area contributed by atoms with Crippen LogP contribution in [-0.4, -0.2) is 46.2 Å². The number of pyridine rings is 1. The minimum Gasteiger partial charge on any atom is -0.484 e. The molecule has 0 saturated heterocycles. The van der Waals surface area contributed by atoms with E-state index in [9.17, 15) is 14.0 Å². The summed E-state index contributed by atoms with van der Waals surface area (Å²) in [4.78, 5) is 28.9. The number of aliphatic hydroxyl groups excluding tert-OH is 1. The smallest absolute Gasteiger partial charge is 0.270 e. The molecule has 2 bridgehead atoms. The topological polar surface area (TPSA) is 101 Å². The van der Waals surface area contributed by atoms with Gasteiger partial charge in [-0.15, -0.1) is 0 Å². The molecule has 0 atom stereocenters. The number of halogens is 2. The molecule has 2 aromatic rings. The number of ether oxygens (including phenoxy) is 1. The van der Waals surface area contributed by atoms with Gasteiger partial charge in [0.2, 0.25) is 0 Å². The van der Waals surface area contributed by atoms with Crippen molar-refractivity contribution in [3.63, 3.8) is 0 Å². The predicted octanol–water partition coefficient (Wildman–Crippen LogP) is 2.48. The highest BCUT2D eigenvalue weighted by atomic mass is 35.5. The summed E-state index contributed by atoms with van der Waals surface area (Å²) in [7, 11) is 0. The highest BCUT2D eigenvalue weighted by molar-refractivity contribution is 6.30. The summed E-state index contributed by atoms with van der Waals surface area (Å²) in [6.07, 6.45) is 6.75. The number of carbonyl (C=O) groups excluding carboxylic acids is 2. The molecular weight excluding hydrogens is 425 g/mol. The van der Waals surface area contributed by atoms with Gasteiger partial charge in [0.1, 0.15) is 17.3 Å². The van der Waals surface area contributed by atoms with Gasteiger partial charge in [-0.25, -0.2) is 4.39 Å².